The molecule has 1 atom stereocenters. The molecule has 0 saturated carbocycles. The second kappa shape index (κ2) is 5.01. The van der Waals surface area contributed by atoms with Gasteiger partial charge in [0.2, 0.25) is 5.89 Å². The highest BCUT2D eigenvalue weighted by Crippen LogP contribution is 2.24. The van der Waals surface area contributed by atoms with Gasteiger partial charge in [-0.15, -0.1) is 0 Å². The maximum Gasteiger partial charge on any atom is 0.232 e. The molecule has 1 aromatic carbocycles. The Balaban J connectivity index is 2.23. The van der Waals surface area contributed by atoms with Crippen LogP contribution >= 0.6 is 0 Å². The van der Waals surface area contributed by atoms with Gasteiger partial charge in [-0.2, -0.15) is 4.98 Å². The highest BCUT2D eigenvalue weighted by atomic mass is 16.5. The zero-order valence-corrected chi connectivity index (χ0v) is 11.7. The Morgan fingerprint density at radius 2 is 1.84 bits per heavy atom. The van der Waals surface area contributed by atoms with E-state index in [1.165, 1.54) is 0 Å². The third kappa shape index (κ3) is 2.93. The highest BCUT2D eigenvalue weighted by Gasteiger charge is 2.24. The van der Waals surface area contributed by atoms with Crippen LogP contribution in [0.5, 0.6) is 5.75 Å². The van der Waals surface area contributed by atoms with Crippen molar-refractivity contribution in [1.82, 2.24) is 10.1 Å². The average molecular weight is 261 g/mol. The Morgan fingerprint density at radius 1 is 1.21 bits per heavy atom. The fourth-order valence-corrected chi connectivity index (χ4v) is 1.63. The van der Waals surface area contributed by atoms with Gasteiger partial charge < -0.3 is 15.0 Å². The minimum absolute atomic E-state index is 0.176. The lowest BCUT2D eigenvalue weighted by Crippen LogP contribution is -2.15. The van der Waals surface area contributed by atoms with Crippen LogP contribution < -0.4 is 10.5 Å². The minimum Gasteiger partial charge on any atom is -0.497 e. The van der Waals surface area contributed by atoms with Crippen LogP contribution in [-0.4, -0.2) is 17.3 Å². The molecule has 5 nitrogen and oxygen atoms in total. The summed E-state index contributed by atoms with van der Waals surface area (Å²) in [7, 11) is 1.63. The van der Waals surface area contributed by atoms with Crippen molar-refractivity contribution in [3.05, 3.63) is 41.5 Å². The first-order chi connectivity index (χ1) is 8.91. The average Bonchev–Trinajstić information content (AvgIpc) is 2.87. The lowest BCUT2D eigenvalue weighted by Gasteiger charge is -2.11. The third-order valence-electron chi connectivity index (χ3n) is 2.84. The molecular formula is C14H19N3O2. The van der Waals surface area contributed by atoms with Gasteiger partial charge in [-0.25, -0.2) is 0 Å². The molecule has 19 heavy (non-hydrogen) atoms. The lowest BCUT2D eigenvalue weighted by molar-refractivity contribution is 0.317. The van der Waals surface area contributed by atoms with E-state index in [1.807, 2.05) is 45.0 Å². The van der Waals surface area contributed by atoms with Crippen molar-refractivity contribution in [1.29, 1.82) is 0 Å². The van der Waals surface area contributed by atoms with E-state index in [-0.39, 0.29) is 5.41 Å². The van der Waals surface area contributed by atoms with Gasteiger partial charge in [-0.3, -0.25) is 0 Å². The molecule has 1 aromatic heterocycles. The first kappa shape index (κ1) is 13.5. The third-order valence-corrected chi connectivity index (χ3v) is 2.84. The highest BCUT2D eigenvalue weighted by molar-refractivity contribution is 5.31. The first-order valence-corrected chi connectivity index (χ1v) is 6.15. The number of hydrogen-bond donors (Lipinski definition) is 1. The van der Waals surface area contributed by atoms with Crippen LogP contribution in [0, 0.1) is 0 Å². The van der Waals surface area contributed by atoms with Crippen molar-refractivity contribution in [3.63, 3.8) is 0 Å². The second-order valence-electron chi connectivity index (χ2n) is 5.46. The molecule has 0 spiro atoms. The Labute approximate surface area is 112 Å². The molecule has 0 fully saturated rings. The van der Waals surface area contributed by atoms with E-state index in [0.29, 0.717) is 11.7 Å². The Hall–Kier alpha value is -1.88. The number of methoxy groups -OCH3 is 1. The van der Waals surface area contributed by atoms with Crippen LogP contribution in [0.1, 0.15) is 44.1 Å². The Bertz CT molecular complexity index is 541. The number of hydrogen-bond acceptors (Lipinski definition) is 5. The van der Waals surface area contributed by atoms with Gasteiger partial charge in [0.1, 0.15) is 5.75 Å². The number of nitrogens with zero attached hydrogens (tertiary/aromatic N) is 2. The summed E-state index contributed by atoms with van der Waals surface area (Å²) >= 11 is 0. The van der Waals surface area contributed by atoms with E-state index in [9.17, 15) is 0 Å². The van der Waals surface area contributed by atoms with Crippen molar-refractivity contribution >= 4 is 0 Å². The topological polar surface area (TPSA) is 74.2 Å². The van der Waals surface area contributed by atoms with Crippen molar-refractivity contribution in [3.8, 4) is 5.75 Å². The lowest BCUT2D eigenvalue weighted by atomic mass is 9.97. The molecule has 1 heterocycles. The van der Waals surface area contributed by atoms with Crippen molar-refractivity contribution in [2.45, 2.75) is 32.2 Å². The molecule has 0 aliphatic heterocycles. The van der Waals surface area contributed by atoms with E-state index in [4.69, 9.17) is 15.0 Å². The monoisotopic (exact) mass is 261 g/mol. The standard InChI is InChI=1S/C14H19N3O2/c1-14(2,3)13-16-12(17-19-13)11(15)9-5-7-10(18-4)8-6-9/h5-8,11H,15H2,1-4H3. The number of aromatic nitrogens is 2. The van der Waals surface area contributed by atoms with Crippen LogP contribution in [0.4, 0.5) is 0 Å². The van der Waals surface area contributed by atoms with Gasteiger partial charge in [0.25, 0.3) is 0 Å². The smallest absolute Gasteiger partial charge is 0.232 e. The van der Waals surface area contributed by atoms with E-state index in [0.717, 1.165) is 11.3 Å². The molecule has 0 aliphatic rings. The predicted octanol–water partition coefficient (Wildman–Crippen LogP) is 2.42. The zero-order chi connectivity index (χ0) is 14.0. The fraction of sp³-hybridized carbons (Fsp3) is 0.429. The summed E-state index contributed by atoms with van der Waals surface area (Å²) in [5.74, 6) is 1.88. The molecule has 0 radical (unpaired) electrons. The summed E-state index contributed by atoms with van der Waals surface area (Å²) < 4.78 is 10.4. The van der Waals surface area contributed by atoms with Crippen molar-refractivity contribution < 1.29 is 9.26 Å². The molecular weight excluding hydrogens is 242 g/mol. The van der Waals surface area contributed by atoms with Gasteiger partial charge in [-0.1, -0.05) is 38.1 Å². The maximum absolute atomic E-state index is 6.14. The molecule has 2 aromatic rings. The van der Waals surface area contributed by atoms with Crippen LogP contribution in [0.15, 0.2) is 28.8 Å². The summed E-state index contributed by atoms with van der Waals surface area (Å²) in [6.45, 7) is 6.05. The van der Waals surface area contributed by atoms with Crippen LogP contribution in [-0.2, 0) is 5.41 Å². The van der Waals surface area contributed by atoms with E-state index in [2.05, 4.69) is 10.1 Å². The van der Waals surface area contributed by atoms with Gasteiger partial charge in [-0.05, 0) is 17.7 Å². The Morgan fingerprint density at radius 3 is 2.32 bits per heavy atom. The number of nitrogens with two attached hydrogens (primary N) is 1. The van der Waals surface area contributed by atoms with E-state index < -0.39 is 6.04 Å². The van der Waals surface area contributed by atoms with Crippen LogP contribution in [0.25, 0.3) is 0 Å². The summed E-state index contributed by atoms with van der Waals surface area (Å²) in [6.07, 6.45) is 0. The van der Waals surface area contributed by atoms with E-state index >= 15 is 0 Å². The predicted molar refractivity (Wildman–Crippen MR) is 72.0 cm³/mol. The van der Waals surface area contributed by atoms with Gasteiger partial charge in [0, 0.05) is 5.41 Å². The summed E-state index contributed by atoms with van der Waals surface area (Å²) in [5, 5.41) is 3.96. The second-order valence-corrected chi connectivity index (χ2v) is 5.46. The van der Waals surface area contributed by atoms with Crippen molar-refractivity contribution in [2.24, 2.45) is 5.73 Å². The molecule has 102 valence electrons. The molecule has 0 aliphatic carbocycles. The number of benzene rings is 1. The number of ether oxygens (including phenoxy) is 1. The molecule has 1 unspecified atom stereocenters. The quantitative estimate of drug-likeness (QED) is 0.918. The minimum atomic E-state index is -0.397. The number of rotatable bonds is 3. The molecule has 5 heteroatoms. The zero-order valence-electron chi connectivity index (χ0n) is 11.7. The SMILES string of the molecule is COc1ccc(C(N)c2noc(C(C)(C)C)n2)cc1. The maximum atomic E-state index is 6.14. The molecule has 2 rings (SSSR count). The van der Waals surface area contributed by atoms with Crippen molar-refractivity contribution in [2.75, 3.05) is 7.11 Å². The first-order valence-electron chi connectivity index (χ1n) is 6.15. The van der Waals surface area contributed by atoms with Gasteiger partial charge in [0.05, 0.1) is 13.2 Å². The van der Waals surface area contributed by atoms with Gasteiger partial charge >= 0.3 is 0 Å². The molecule has 2 N–H and O–H groups in total. The summed E-state index contributed by atoms with van der Waals surface area (Å²) in [4.78, 5) is 4.37. The Kier molecular flexibility index (Phi) is 3.57. The van der Waals surface area contributed by atoms with Crippen LogP contribution in [0.2, 0.25) is 0 Å². The largest absolute Gasteiger partial charge is 0.497 e. The van der Waals surface area contributed by atoms with E-state index in [1.54, 1.807) is 7.11 Å². The molecule has 0 amide bonds. The summed E-state index contributed by atoms with van der Waals surface area (Å²) in [6, 6.07) is 7.12. The van der Waals surface area contributed by atoms with Crippen LogP contribution in [0.3, 0.4) is 0 Å². The normalized spacial score (nSPS) is 13.3. The fourth-order valence-electron chi connectivity index (χ4n) is 1.63. The molecule has 0 bridgehead atoms. The molecule has 0 saturated heterocycles. The summed E-state index contributed by atoms with van der Waals surface area (Å²) in [5.41, 5.74) is 6.88. The van der Waals surface area contributed by atoms with Gasteiger partial charge in [0.15, 0.2) is 5.82 Å².